The molecule has 0 saturated carbocycles. The van der Waals surface area contributed by atoms with E-state index in [0.29, 0.717) is 12.4 Å². The predicted molar refractivity (Wildman–Crippen MR) is 81.2 cm³/mol. The van der Waals surface area contributed by atoms with Crippen molar-refractivity contribution < 1.29 is 14.6 Å². The Labute approximate surface area is 123 Å². The molecule has 1 N–H and O–H groups in total. The number of pyridine rings is 1. The molecule has 0 aliphatic heterocycles. The average molecular weight is 283 g/mol. The number of nitrogens with zero attached hydrogens (tertiary/aromatic N) is 1. The number of aliphatic carboxylic acids is 1. The van der Waals surface area contributed by atoms with Gasteiger partial charge in [-0.05, 0) is 37.1 Å². The van der Waals surface area contributed by atoms with Crippen LogP contribution in [0, 0.1) is 13.8 Å². The molecule has 4 heteroatoms. The van der Waals surface area contributed by atoms with Crippen molar-refractivity contribution in [2.24, 2.45) is 0 Å². The summed E-state index contributed by atoms with van der Waals surface area (Å²) in [6, 6.07) is 9.49. The molecule has 0 radical (unpaired) electrons. The molecule has 21 heavy (non-hydrogen) atoms. The van der Waals surface area contributed by atoms with Crippen LogP contribution in [0.1, 0.15) is 22.4 Å². The number of hydrogen-bond donors (Lipinski definition) is 1. The molecule has 0 aliphatic rings. The van der Waals surface area contributed by atoms with Gasteiger partial charge in [-0.25, -0.2) is 4.79 Å². The zero-order valence-electron chi connectivity index (χ0n) is 12.0. The number of carboxylic acid groups (broad SMARTS) is 1. The van der Waals surface area contributed by atoms with E-state index in [0.717, 1.165) is 28.5 Å². The maximum Gasteiger partial charge on any atom is 0.328 e. The Balaban J connectivity index is 2.23. The molecule has 0 aliphatic carbocycles. The minimum Gasteiger partial charge on any atom is -0.486 e. The highest BCUT2D eigenvalue weighted by atomic mass is 16.5. The molecule has 2 rings (SSSR count). The largest absolute Gasteiger partial charge is 0.486 e. The van der Waals surface area contributed by atoms with Gasteiger partial charge in [-0.15, -0.1) is 0 Å². The van der Waals surface area contributed by atoms with E-state index in [9.17, 15) is 4.79 Å². The first-order valence-corrected chi connectivity index (χ1v) is 6.62. The predicted octanol–water partition coefficient (Wildman–Crippen LogP) is 3.38. The third-order valence-electron chi connectivity index (χ3n) is 3.12. The number of rotatable bonds is 5. The van der Waals surface area contributed by atoms with Crippen molar-refractivity contribution in [1.82, 2.24) is 4.98 Å². The summed E-state index contributed by atoms with van der Waals surface area (Å²) in [6.07, 6.45) is 4.37. The molecule has 0 spiro atoms. The number of para-hydroxylation sites is 1. The zero-order chi connectivity index (χ0) is 15.2. The molecule has 0 amide bonds. The van der Waals surface area contributed by atoms with Crippen LogP contribution in [0.2, 0.25) is 0 Å². The van der Waals surface area contributed by atoms with E-state index in [1.165, 1.54) is 6.08 Å². The van der Waals surface area contributed by atoms with Crippen LogP contribution in [0.4, 0.5) is 0 Å². The standard InChI is InChI=1S/C17H17NO3/c1-12-6-4-10-18-15(12)11-21-17-13(2)5-3-7-14(17)8-9-16(19)20/h3-10H,11H2,1-2H3,(H,19,20)/b9-8+. The van der Waals surface area contributed by atoms with Gasteiger partial charge in [0.25, 0.3) is 0 Å². The molecule has 0 atom stereocenters. The van der Waals surface area contributed by atoms with Crippen molar-refractivity contribution in [3.63, 3.8) is 0 Å². The number of benzene rings is 1. The van der Waals surface area contributed by atoms with Crippen LogP contribution >= 0.6 is 0 Å². The molecule has 0 saturated heterocycles. The number of hydrogen-bond acceptors (Lipinski definition) is 3. The fourth-order valence-corrected chi connectivity index (χ4v) is 1.97. The van der Waals surface area contributed by atoms with Gasteiger partial charge in [0.15, 0.2) is 0 Å². The highest BCUT2D eigenvalue weighted by molar-refractivity contribution is 5.86. The smallest absolute Gasteiger partial charge is 0.328 e. The van der Waals surface area contributed by atoms with Crippen molar-refractivity contribution in [3.8, 4) is 5.75 Å². The third-order valence-corrected chi connectivity index (χ3v) is 3.12. The van der Waals surface area contributed by atoms with Gasteiger partial charge < -0.3 is 9.84 Å². The van der Waals surface area contributed by atoms with Crippen molar-refractivity contribution in [3.05, 3.63) is 65.0 Å². The lowest BCUT2D eigenvalue weighted by atomic mass is 10.1. The first kappa shape index (κ1) is 14.8. The first-order valence-electron chi connectivity index (χ1n) is 6.62. The summed E-state index contributed by atoms with van der Waals surface area (Å²) in [5.41, 5.74) is 3.63. The Morgan fingerprint density at radius 2 is 2.00 bits per heavy atom. The minimum absolute atomic E-state index is 0.353. The highest BCUT2D eigenvalue weighted by Gasteiger charge is 2.07. The van der Waals surface area contributed by atoms with Crippen LogP contribution in [-0.4, -0.2) is 16.1 Å². The molecule has 1 aromatic heterocycles. The summed E-state index contributed by atoms with van der Waals surface area (Å²) >= 11 is 0. The van der Waals surface area contributed by atoms with Gasteiger partial charge in [-0.2, -0.15) is 0 Å². The van der Waals surface area contributed by atoms with Crippen LogP contribution < -0.4 is 4.74 Å². The van der Waals surface area contributed by atoms with E-state index in [2.05, 4.69) is 4.98 Å². The summed E-state index contributed by atoms with van der Waals surface area (Å²) in [6.45, 7) is 4.26. The SMILES string of the molecule is Cc1cccnc1COc1c(C)cccc1/C=C/C(=O)O. The van der Waals surface area contributed by atoms with Crippen LogP contribution in [0.3, 0.4) is 0 Å². The maximum atomic E-state index is 10.7. The number of aromatic nitrogens is 1. The summed E-state index contributed by atoms with van der Waals surface area (Å²) in [4.78, 5) is 14.9. The second-order valence-corrected chi connectivity index (χ2v) is 4.72. The molecule has 2 aromatic rings. The van der Waals surface area contributed by atoms with E-state index in [1.807, 2.05) is 44.2 Å². The lowest BCUT2D eigenvalue weighted by molar-refractivity contribution is -0.131. The van der Waals surface area contributed by atoms with Crippen LogP contribution in [0.15, 0.2) is 42.6 Å². The van der Waals surface area contributed by atoms with Crippen molar-refractivity contribution >= 4 is 12.0 Å². The molecule has 1 aromatic carbocycles. The average Bonchev–Trinajstić information content (AvgIpc) is 2.45. The summed E-state index contributed by atoms with van der Waals surface area (Å²) in [5, 5.41) is 8.74. The van der Waals surface area contributed by atoms with Gasteiger partial charge in [-0.1, -0.05) is 24.3 Å². The zero-order valence-corrected chi connectivity index (χ0v) is 12.0. The van der Waals surface area contributed by atoms with Gasteiger partial charge >= 0.3 is 5.97 Å². The van der Waals surface area contributed by atoms with Crippen molar-refractivity contribution in [2.45, 2.75) is 20.5 Å². The monoisotopic (exact) mass is 283 g/mol. The molecular formula is C17H17NO3. The third kappa shape index (κ3) is 3.92. The number of aryl methyl sites for hydroxylation is 2. The molecule has 4 nitrogen and oxygen atoms in total. The van der Waals surface area contributed by atoms with Gasteiger partial charge in [-0.3, -0.25) is 4.98 Å². The Morgan fingerprint density at radius 1 is 1.24 bits per heavy atom. The van der Waals surface area contributed by atoms with Crippen molar-refractivity contribution in [1.29, 1.82) is 0 Å². The number of ether oxygens (including phenoxy) is 1. The summed E-state index contributed by atoms with van der Waals surface area (Å²) in [5.74, 6) is -0.303. The van der Waals surface area contributed by atoms with Crippen LogP contribution in [0.25, 0.3) is 6.08 Å². The van der Waals surface area contributed by atoms with Crippen LogP contribution in [-0.2, 0) is 11.4 Å². The second-order valence-electron chi connectivity index (χ2n) is 4.72. The quantitative estimate of drug-likeness (QED) is 0.855. The Bertz CT molecular complexity index is 677. The molecular weight excluding hydrogens is 266 g/mol. The minimum atomic E-state index is -0.983. The van der Waals surface area contributed by atoms with Gasteiger partial charge in [0.2, 0.25) is 0 Å². The van der Waals surface area contributed by atoms with E-state index in [-0.39, 0.29) is 0 Å². The molecule has 1 heterocycles. The van der Waals surface area contributed by atoms with Gasteiger partial charge in [0.1, 0.15) is 12.4 Å². The van der Waals surface area contributed by atoms with E-state index in [4.69, 9.17) is 9.84 Å². The fourth-order valence-electron chi connectivity index (χ4n) is 1.97. The van der Waals surface area contributed by atoms with E-state index < -0.39 is 5.97 Å². The molecule has 108 valence electrons. The topological polar surface area (TPSA) is 59.4 Å². The van der Waals surface area contributed by atoms with Gasteiger partial charge in [0.05, 0.1) is 5.69 Å². The number of carbonyl (C=O) groups is 1. The highest BCUT2D eigenvalue weighted by Crippen LogP contribution is 2.25. The first-order chi connectivity index (χ1) is 10.1. The van der Waals surface area contributed by atoms with E-state index >= 15 is 0 Å². The molecule has 0 bridgehead atoms. The molecule has 0 fully saturated rings. The summed E-state index contributed by atoms with van der Waals surface area (Å²) in [7, 11) is 0. The fraction of sp³-hybridized carbons (Fsp3) is 0.176. The maximum absolute atomic E-state index is 10.7. The van der Waals surface area contributed by atoms with Gasteiger partial charge in [0, 0.05) is 17.8 Å². The Morgan fingerprint density at radius 3 is 2.71 bits per heavy atom. The number of carboxylic acids is 1. The summed E-state index contributed by atoms with van der Waals surface area (Å²) < 4.78 is 5.86. The van der Waals surface area contributed by atoms with E-state index in [1.54, 1.807) is 6.20 Å². The lowest BCUT2D eigenvalue weighted by Crippen LogP contribution is -2.02. The van der Waals surface area contributed by atoms with Crippen molar-refractivity contribution in [2.75, 3.05) is 0 Å². The Kier molecular flexibility index (Phi) is 4.72. The lowest BCUT2D eigenvalue weighted by Gasteiger charge is -2.12. The normalized spacial score (nSPS) is 10.8. The molecule has 0 unspecified atom stereocenters. The second kappa shape index (κ2) is 6.70. The Hall–Kier alpha value is -2.62. The van der Waals surface area contributed by atoms with Crippen LogP contribution in [0.5, 0.6) is 5.75 Å².